The smallest absolute Gasteiger partial charge is 0.176 e. The van der Waals surface area contributed by atoms with Gasteiger partial charge >= 0.3 is 0 Å². The van der Waals surface area contributed by atoms with Crippen molar-refractivity contribution in [3.05, 3.63) is 24.2 Å². The number of carbonyl (C=O) groups excluding carboxylic acids is 1. The molecule has 1 aromatic heterocycles. The molecule has 0 radical (unpaired) electrons. The minimum atomic E-state index is 0.0953. The molecule has 1 heterocycles. The summed E-state index contributed by atoms with van der Waals surface area (Å²) in [6, 6.07) is 3.71. The number of hydrogen-bond donors (Lipinski definition) is 1. The van der Waals surface area contributed by atoms with E-state index in [0.717, 1.165) is 18.8 Å². The van der Waals surface area contributed by atoms with Crippen LogP contribution in [0.1, 0.15) is 26.0 Å². The number of ketones is 1. The third kappa shape index (κ3) is 5.45. The predicted molar refractivity (Wildman–Crippen MR) is 68.6 cm³/mol. The fraction of sp³-hybridized carbons (Fsp3) is 0.538. The Morgan fingerprint density at radius 2 is 2.35 bits per heavy atom. The summed E-state index contributed by atoms with van der Waals surface area (Å²) in [5.74, 6) is 0.941. The standard InChI is InChI=1S/C13H20N2O2/c1-3-14-8-9-15-11(2)13(16)7-6-12-5-4-10-17-12/h4-5,10,14H,3,6-9H2,1-2H3. The number of aliphatic imine (C=N–C) groups is 1. The van der Waals surface area contributed by atoms with E-state index in [1.807, 2.05) is 19.1 Å². The van der Waals surface area contributed by atoms with E-state index < -0.39 is 0 Å². The van der Waals surface area contributed by atoms with Gasteiger partial charge in [-0.1, -0.05) is 6.92 Å². The van der Waals surface area contributed by atoms with Gasteiger partial charge in [0.05, 0.1) is 18.5 Å². The Bertz CT molecular complexity index is 356. The molecule has 1 aromatic rings. The molecule has 0 unspecified atom stereocenters. The number of aryl methyl sites for hydroxylation is 1. The lowest BCUT2D eigenvalue weighted by Gasteiger charge is -2.00. The first-order valence-corrected chi connectivity index (χ1v) is 6.01. The molecule has 4 heteroatoms. The van der Waals surface area contributed by atoms with Crippen LogP contribution in [0, 0.1) is 0 Å². The summed E-state index contributed by atoms with van der Waals surface area (Å²) in [4.78, 5) is 15.9. The average molecular weight is 236 g/mol. The fourth-order valence-electron chi connectivity index (χ4n) is 1.44. The number of likely N-dealkylation sites (N-methyl/N-ethyl adjacent to an activating group) is 1. The summed E-state index contributed by atoms with van der Waals surface area (Å²) in [6.07, 6.45) is 2.73. The third-order valence-electron chi connectivity index (χ3n) is 2.47. The SMILES string of the molecule is CCNCCN=C(C)C(=O)CCc1ccco1. The predicted octanol–water partition coefficient (Wildman–Crippen LogP) is 1.85. The van der Waals surface area contributed by atoms with Gasteiger partial charge in [0, 0.05) is 19.4 Å². The van der Waals surface area contributed by atoms with Crippen LogP contribution in [-0.2, 0) is 11.2 Å². The number of carbonyl (C=O) groups is 1. The number of Topliss-reactive ketones (excluding diaryl/α,β-unsaturated/α-hetero) is 1. The van der Waals surface area contributed by atoms with Crippen molar-refractivity contribution in [2.45, 2.75) is 26.7 Å². The average Bonchev–Trinajstić information content (AvgIpc) is 2.84. The van der Waals surface area contributed by atoms with Crippen molar-refractivity contribution in [3.63, 3.8) is 0 Å². The van der Waals surface area contributed by atoms with E-state index in [2.05, 4.69) is 10.3 Å². The third-order valence-corrected chi connectivity index (χ3v) is 2.47. The van der Waals surface area contributed by atoms with E-state index in [0.29, 0.717) is 25.1 Å². The molecule has 0 amide bonds. The Labute approximate surface area is 102 Å². The lowest BCUT2D eigenvalue weighted by molar-refractivity contribution is -0.113. The van der Waals surface area contributed by atoms with Gasteiger partial charge in [0.15, 0.2) is 5.78 Å². The number of rotatable bonds is 8. The molecule has 0 aliphatic carbocycles. The van der Waals surface area contributed by atoms with Gasteiger partial charge < -0.3 is 9.73 Å². The Balaban J connectivity index is 2.26. The highest BCUT2D eigenvalue weighted by Gasteiger charge is 2.07. The molecule has 0 aliphatic rings. The van der Waals surface area contributed by atoms with Gasteiger partial charge in [-0.15, -0.1) is 0 Å². The number of hydrogen-bond acceptors (Lipinski definition) is 4. The quantitative estimate of drug-likeness (QED) is 0.553. The number of nitrogens with zero attached hydrogens (tertiary/aromatic N) is 1. The zero-order chi connectivity index (χ0) is 12.5. The zero-order valence-electron chi connectivity index (χ0n) is 10.5. The maximum Gasteiger partial charge on any atom is 0.176 e. The molecule has 1 N–H and O–H groups in total. The minimum absolute atomic E-state index is 0.0953. The molecular weight excluding hydrogens is 216 g/mol. The molecule has 1 rings (SSSR count). The van der Waals surface area contributed by atoms with E-state index in [4.69, 9.17) is 4.42 Å². The molecule has 0 aromatic carbocycles. The molecule has 0 fully saturated rings. The van der Waals surface area contributed by atoms with Crippen molar-refractivity contribution in [1.82, 2.24) is 5.32 Å². The second-order valence-electron chi connectivity index (χ2n) is 3.82. The maximum absolute atomic E-state index is 11.7. The molecule has 0 atom stereocenters. The first-order valence-electron chi connectivity index (χ1n) is 6.01. The van der Waals surface area contributed by atoms with Gasteiger partial charge in [0.25, 0.3) is 0 Å². The van der Waals surface area contributed by atoms with E-state index in [-0.39, 0.29) is 5.78 Å². The van der Waals surface area contributed by atoms with E-state index >= 15 is 0 Å². The highest BCUT2D eigenvalue weighted by atomic mass is 16.3. The lowest BCUT2D eigenvalue weighted by Crippen LogP contribution is -2.18. The molecule has 0 spiro atoms. The summed E-state index contributed by atoms with van der Waals surface area (Å²) in [5, 5.41) is 3.16. The molecule has 94 valence electrons. The fourth-order valence-corrected chi connectivity index (χ4v) is 1.44. The van der Waals surface area contributed by atoms with Gasteiger partial charge in [-0.05, 0) is 25.6 Å². The Hall–Kier alpha value is -1.42. The van der Waals surface area contributed by atoms with Gasteiger partial charge in [0.1, 0.15) is 5.76 Å². The Morgan fingerprint density at radius 1 is 1.53 bits per heavy atom. The molecule has 4 nitrogen and oxygen atoms in total. The van der Waals surface area contributed by atoms with Crippen molar-refractivity contribution in [2.75, 3.05) is 19.6 Å². The summed E-state index contributed by atoms with van der Waals surface area (Å²) < 4.78 is 5.17. The van der Waals surface area contributed by atoms with Gasteiger partial charge in [-0.3, -0.25) is 9.79 Å². The van der Waals surface area contributed by atoms with Crippen molar-refractivity contribution in [3.8, 4) is 0 Å². The van der Waals surface area contributed by atoms with Crippen LogP contribution in [0.15, 0.2) is 27.8 Å². The van der Waals surface area contributed by atoms with Crippen LogP contribution < -0.4 is 5.32 Å². The molecular formula is C13H20N2O2. The highest BCUT2D eigenvalue weighted by Crippen LogP contribution is 2.04. The van der Waals surface area contributed by atoms with E-state index in [9.17, 15) is 4.79 Å². The van der Waals surface area contributed by atoms with E-state index in [1.54, 1.807) is 13.2 Å². The second kappa shape index (κ2) is 7.79. The van der Waals surface area contributed by atoms with Crippen LogP contribution in [0.25, 0.3) is 0 Å². The molecule has 0 bridgehead atoms. The largest absolute Gasteiger partial charge is 0.469 e. The summed E-state index contributed by atoms with van der Waals surface area (Å²) in [6.45, 7) is 6.23. The van der Waals surface area contributed by atoms with Crippen LogP contribution in [0.2, 0.25) is 0 Å². The van der Waals surface area contributed by atoms with Crippen LogP contribution in [0.3, 0.4) is 0 Å². The van der Waals surface area contributed by atoms with Crippen LogP contribution in [-0.4, -0.2) is 31.1 Å². The maximum atomic E-state index is 11.7. The molecule has 0 saturated heterocycles. The van der Waals surface area contributed by atoms with Crippen molar-refractivity contribution >= 4 is 11.5 Å². The second-order valence-corrected chi connectivity index (χ2v) is 3.82. The number of furan rings is 1. The van der Waals surface area contributed by atoms with Crippen LogP contribution in [0.5, 0.6) is 0 Å². The van der Waals surface area contributed by atoms with Crippen molar-refractivity contribution in [1.29, 1.82) is 0 Å². The number of nitrogens with one attached hydrogen (secondary N) is 1. The summed E-state index contributed by atoms with van der Waals surface area (Å²) in [7, 11) is 0. The first-order chi connectivity index (χ1) is 8.24. The van der Waals surface area contributed by atoms with E-state index in [1.165, 1.54) is 0 Å². The molecule has 0 saturated carbocycles. The summed E-state index contributed by atoms with van der Waals surface area (Å²) >= 11 is 0. The minimum Gasteiger partial charge on any atom is -0.469 e. The highest BCUT2D eigenvalue weighted by molar-refractivity contribution is 6.38. The van der Waals surface area contributed by atoms with Gasteiger partial charge in [-0.25, -0.2) is 0 Å². The summed E-state index contributed by atoms with van der Waals surface area (Å²) in [5.41, 5.74) is 0.606. The first kappa shape index (κ1) is 13.6. The van der Waals surface area contributed by atoms with Crippen LogP contribution in [0.4, 0.5) is 0 Å². The van der Waals surface area contributed by atoms with Crippen molar-refractivity contribution < 1.29 is 9.21 Å². The van der Waals surface area contributed by atoms with Crippen molar-refractivity contribution in [2.24, 2.45) is 4.99 Å². The van der Waals surface area contributed by atoms with Gasteiger partial charge in [-0.2, -0.15) is 0 Å². The van der Waals surface area contributed by atoms with Crippen LogP contribution >= 0.6 is 0 Å². The van der Waals surface area contributed by atoms with Gasteiger partial charge in [0.2, 0.25) is 0 Å². The Kier molecular flexibility index (Phi) is 6.25. The Morgan fingerprint density at radius 3 is 3.00 bits per heavy atom. The molecule has 17 heavy (non-hydrogen) atoms. The lowest BCUT2D eigenvalue weighted by atomic mass is 10.1. The normalized spacial score (nSPS) is 11.8. The molecule has 0 aliphatic heterocycles. The zero-order valence-corrected chi connectivity index (χ0v) is 10.5. The topological polar surface area (TPSA) is 54.6 Å². The monoisotopic (exact) mass is 236 g/mol.